The summed E-state index contributed by atoms with van der Waals surface area (Å²) in [5, 5.41) is 3.13. The first-order chi connectivity index (χ1) is 10.1. The summed E-state index contributed by atoms with van der Waals surface area (Å²) in [6.45, 7) is 0. The highest BCUT2D eigenvalue weighted by Crippen LogP contribution is 2.38. The van der Waals surface area contributed by atoms with E-state index in [0.29, 0.717) is 17.1 Å². The number of ether oxygens (including phenoxy) is 2. The average Bonchev–Trinajstić information content (AvgIpc) is 2.51. The number of benzene rings is 2. The van der Waals surface area contributed by atoms with E-state index in [1.165, 1.54) is 6.07 Å². The topological polar surface area (TPSA) is 30.5 Å². The van der Waals surface area contributed by atoms with E-state index in [2.05, 4.69) is 21.2 Å². The third-order valence-electron chi connectivity index (χ3n) is 3.31. The second kappa shape index (κ2) is 6.91. The van der Waals surface area contributed by atoms with Gasteiger partial charge in [0.2, 0.25) is 0 Å². The van der Waals surface area contributed by atoms with Crippen LogP contribution in [0.3, 0.4) is 0 Å². The molecule has 0 fully saturated rings. The first-order valence-electron chi connectivity index (χ1n) is 6.45. The second-order valence-corrected chi connectivity index (χ2v) is 5.38. The lowest BCUT2D eigenvalue weighted by atomic mass is 9.96. The number of hydrogen-bond acceptors (Lipinski definition) is 3. The van der Waals surface area contributed by atoms with Crippen LogP contribution in [0.5, 0.6) is 11.5 Å². The SMILES string of the molecule is CNC(c1cc(Br)ccc1F)c1c(OC)cccc1OC. The highest BCUT2D eigenvalue weighted by Gasteiger charge is 2.24. The van der Waals surface area contributed by atoms with Crippen LogP contribution >= 0.6 is 15.9 Å². The van der Waals surface area contributed by atoms with Crippen LogP contribution in [-0.2, 0) is 0 Å². The maximum Gasteiger partial charge on any atom is 0.128 e. The van der Waals surface area contributed by atoms with E-state index in [-0.39, 0.29) is 11.9 Å². The van der Waals surface area contributed by atoms with Gasteiger partial charge in [-0.2, -0.15) is 0 Å². The van der Waals surface area contributed by atoms with E-state index in [0.717, 1.165) is 10.0 Å². The van der Waals surface area contributed by atoms with Crippen molar-refractivity contribution in [1.82, 2.24) is 5.32 Å². The molecule has 0 spiro atoms. The molecule has 21 heavy (non-hydrogen) atoms. The molecule has 0 aliphatic rings. The Hall–Kier alpha value is -1.59. The Morgan fingerprint density at radius 3 is 2.24 bits per heavy atom. The normalized spacial score (nSPS) is 12.0. The van der Waals surface area contributed by atoms with Gasteiger partial charge in [-0.15, -0.1) is 0 Å². The molecule has 1 N–H and O–H groups in total. The molecule has 0 saturated heterocycles. The van der Waals surface area contributed by atoms with Gasteiger partial charge in [0.1, 0.15) is 17.3 Å². The molecule has 0 bridgehead atoms. The fourth-order valence-electron chi connectivity index (χ4n) is 2.36. The van der Waals surface area contributed by atoms with Crippen LogP contribution in [0, 0.1) is 5.82 Å². The monoisotopic (exact) mass is 353 g/mol. The molecule has 0 heterocycles. The molecular weight excluding hydrogens is 337 g/mol. The summed E-state index contributed by atoms with van der Waals surface area (Å²) in [5.74, 6) is 1.01. The molecule has 1 unspecified atom stereocenters. The molecule has 3 nitrogen and oxygen atoms in total. The molecule has 0 radical (unpaired) electrons. The van der Waals surface area contributed by atoms with Gasteiger partial charge in [-0.25, -0.2) is 4.39 Å². The van der Waals surface area contributed by atoms with E-state index in [4.69, 9.17) is 9.47 Å². The minimum absolute atomic E-state index is 0.287. The van der Waals surface area contributed by atoms with E-state index < -0.39 is 0 Å². The lowest BCUT2D eigenvalue weighted by Crippen LogP contribution is -2.20. The van der Waals surface area contributed by atoms with Gasteiger partial charge in [-0.05, 0) is 37.4 Å². The highest BCUT2D eigenvalue weighted by molar-refractivity contribution is 9.10. The standard InChI is InChI=1S/C16H17BrFNO2/c1-19-16(11-9-10(17)7-8-12(11)18)15-13(20-2)5-4-6-14(15)21-3/h4-9,16,19H,1-3H3. The largest absolute Gasteiger partial charge is 0.496 e. The van der Waals surface area contributed by atoms with Crippen LogP contribution in [0.25, 0.3) is 0 Å². The van der Waals surface area contributed by atoms with Crippen molar-refractivity contribution in [2.45, 2.75) is 6.04 Å². The molecule has 2 rings (SSSR count). The van der Waals surface area contributed by atoms with Crippen molar-refractivity contribution in [2.75, 3.05) is 21.3 Å². The number of halogens is 2. The molecule has 0 aliphatic carbocycles. The summed E-state index contributed by atoms with van der Waals surface area (Å²) in [5.41, 5.74) is 1.29. The van der Waals surface area contributed by atoms with E-state index >= 15 is 0 Å². The molecule has 2 aromatic carbocycles. The Kier molecular flexibility index (Phi) is 5.20. The minimum Gasteiger partial charge on any atom is -0.496 e. The summed E-state index contributed by atoms with van der Waals surface area (Å²) in [6, 6.07) is 9.98. The molecule has 1 atom stereocenters. The van der Waals surface area contributed by atoms with Gasteiger partial charge in [-0.1, -0.05) is 22.0 Å². The fraction of sp³-hybridized carbons (Fsp3) is 0.250. The van der Waals surface area contributed by atoms with E-state index in [1.54, 1.807) is 33.4 Å². The predicted octanol–water partition coefficient (Wildman–Crippen LogP) is 3.91. The van der Waals surface area contributed by atoms with Crippen LogP contribution in [0.4, 0.5) is 4.39 Å². The molecule has 0 aromatic heterocycles. The Labute approximate surface area is 132 Å². The van der Waals surface area contributed by atoms with Crippen molar-refractivity contribution in [2.24, 2.45) is 0 Å². The first-order valence-corrected chi connectivity index (χ1v) is 7.24. The lowest BCUT2D eigenvalue weighted by Gasteiger charge is -2.23. The van der Waals surface area contributed by atoms with Crippen molar-refractivity contribution in [1.29, 1.82) is 0 Å². The van der Waals surface area contributed by atoms with E-state index in [1.807, 2.05) is 18.2 Å². The van der Waals surface area contributed by atoms with E-state index in [9.17, 15) is 4.39 Å². The van der Waals surface area contributed by atoms with Gasteiger partial charge in [0.25, 0.3) is 0 Å². The first kappa shape index (κ1) is 15.8. The third-order valence-corrected chi connectivity index (χ3v) is 3.81. The summed E-state index contributed by atoms with van der Waals surface area (Å²) in [7, 11) is 4.95. The molecule has 112 valence electrons. The maximum atomic E-state index is 14.2. The van der Waals surface area contributed by atoms with Crippen LogP contribution < -0.4 is 14.8 Å². The molecular formula is C16H17BrFNO2. The molecule has 0 amide bonds. The number of nitrogens with one attached hydrogen (secondary N) is 1. The van der Waals surface area contributed by atoms with Gasteiger partial charge < -0.3 is 14.8 Å². The van der Waals surface area contributed by atoms with Gasteiger partial charge in [-0.3, -0.25) is 0 Å². The van der Waals surface area contributed by atoms with Crippen LogP contribution in [0.15, 0.2) is 40.9 Å². The van der Waals surface area contributed by atoms with Crippen LogP contribution in [0.2, 0.25) is 0 Å². The zero-order valence-corrected chi connectivity index (χ0v) is 13.7. The van der Waals surface area contributed by atoms with Gasteiger partial charge >= 0.3 is 0 Å². The zero-order valence-electron chi connectivity index (χ0n) is 12.1. The summed E-state index contributed by atoms with van der Waals surface area (Å²) in [6.07, 6.45) is 0. The number of methoxy groups -OCH3 is 2. The highest BCUT2D eigenvalue weighted by atomic mass is 79.9. The summed E-state index contributed by atoms with van der Waals surface area (Å²) in [4.78, 5) is 0. The minimum atomic E-state index is -0.381. The van der Waals surface area contributed by atoms with Crippen molar-refractivity contribution >= 4 is 15.9 Å². The van der Waals surface area contributed by atoms with Crippen LogP contribution in [0.1, 0.15) is 17.2 Å². The average molecular weight is 354 g/mol. The molecule has 5 heteroatoms. The lowest BCUT2D eigenvalue weighted by molar-refractivity contribution is 0.377. The smallest absolute Gasteiger partial charge is 0.128 e. The second-order valence-electron chi connectivity index (χ2n) is 4.46. The van der Waals surface area contributed by atoms with Gasteiger partial charge in [0.15, 0.2) is 0 Å². The Morgan fingerprint density at radius 2 is 1.71 bits per heavy atom. The Morgan fingerprint density at radius 1 is 1.10 bits per heavy atom. The van der Waals surface area contributed by atoms with Crippen molar-refractivity contribution in [3.63, 3.8) is 0 Å². The van der Waals surface area contributed by atoms with Crippen molar-refractivity contribution in [3.8, 4) is 11.5 Å². The van der Waals surface area contributed by atoms with Crippen LogP contribution in [-0.4, -0.2) is 21.3 Å². The number of rotatable bonds is 5. The van der Waals surface area contributed by atoms with Crippen molar-refractivity contribution < 1.29 is 13.9 Å². The Balaban J connectivity index is 2.63. The van der Waals surface area contributed by atoms with Gasteiger partial charge in [0.05, 0.1) is 25.8 Å². The third kappa shape index (κ3) is 3.19. The summed E-state index contributed by atoms with van der Waals surface area (Å²) < 4.78 is 25.9. The van der Waals surface area contributed by atoms with Gasteiger partial charge in [0, 0.05) is 10.0 Å². The molecule has 0 saturated carbocycles. The maximum absolute atomic E-state index is 14.2. The Bertz CT molecular complexity index is 611. The zero-order chi connectivity index (χ0) is 15.4. The quantitative estimate of drug-likeness (QED) is 0.883. The predicted molar refractivity (Wildman–Crippen MR) is 84.5 cm³/mol. The molecule has 2 aromatic rings. The number of hydrogen-bond donors (Lipinski definition) is 1. The molecule has 0 aliphatic heterocycles. The fourth-order valence-corrected chi connectivity index (χ4v) is 2.73. The van der Waals surface area contributed by atoms with Crippen molar-refractivity contribution in [3.05, 3.63) is 57.8 Å². The summed E-state index contributed by atoms with van der Waals surface area (Å²) >= 11 is 3.38.